The van der Waals surface area contributed by atoms with Crippen LogP contribution in [0.5, 0.6) is 0 Å². The number of piperidine rings is 1. The Morgan fingerprint density at radius 2 is 1.88 bits per heavy atom. The topological polar surface area (TPSA) is 75.4 Å². The van der Waals surface area contributed by atoms with Gasteiger partial charge in [0.2, 0.25) is 5.91 Å². The smallest absolute Gasteiger partial charge is 0.259 e. The second-order valence-corrected chi connectivity index (χ2v) is 6.12. The highest BCUT2D eigenvalue weighted by molar-refractivity contribution is 5.99. The molecule has 1 N–H and O–H groups in total. The highest BCUT2D eigenvalue weighted by Gasteiger charge is 2.29. The van der Waals surface area contributed by atoms with E-state index < -0.39 is 0 Å². The number of nitrogens with zero attached hydrogens (tertiary/aromatic N) is 2. The number of carbonyl (C=O) groups excluding carboxylic acids is 2. The zero-order valence-corrected chi connectivity index (χ0v) is 13.9. The van der Waals surface area contributed by atoms with Gasteiger partial charge in [-0.25, -0.2) is 0 Å². The molecule has 2 aromatic rings. The minimum Gasteiger partial charge on any atom is -0.359 e. The SMILES string of the molecule is CNC(=O)C1CCN(C(=O)c2cnoc2-c2ccc(C)cc2)CC1. The molecule has 6 nitrogen and oxygen atoms in total. The molecule has 1 fully saturated rings. The van der Waals surface area contributed by atoms with Crippen molar-refractivity contribution in [2.24, 2.45) is 5.92 Å². The third kappa shape index (κ3) is 3.18. The summed E-state index contributed by atoms with van der Waals surface area (Å²) in [4.78, 5) is 26.3. The molecule has 1 aliphatic rings. The molecule has 24 heavy (non-hydrogen) atoms. The maximum atomic E-state index is 12.8. The first-order valence-corrected chi connectivity index (χ1v) is 8.12. The zero-order chi connectivity index (χ0) is 17.1. The van der Waals surface area contributed by atoms with Crippen LogP contribution in [-0.4, -0.2) is 42.0 Å². The van der Waals surface area contributed by atoms with Crippen LogP contribution in [0, 0.1) is 12.8 Å². The predicted molar refractivity (Wildman–Crippen MR) is 89.4 cm³/mol. The van der Waals surface area contributed by atoms with Crippen molar-refractivity contribution in [2.45, 2.75) is 19.8 Å². The second-order valence-electron chi connectivity index (χ2n) is 6.12. The Labute approximate surface area is 140 Å². The Bertz CT molecular complexity index is 728. The van der Waals surface area contributed by atoms with Crippen molar-refractivity contribution >= 4 is 11.8 Å². The summed E-state index contributed by atoms with van der Waals surface area (Å²) in [6.45, 7) is 3.14. The molecule has 0 saturated carbocycles. The summed E-state index contributed by atoms with van der Waals surface area (Å²) in [5.41, 5.74) is 2.45. The first-order valence-electron chi connectivity index (χ1n) is 8.12. The van der Waals surface area contributed by atoms with Gasteiger partial charge in [-0.1, -0.05) is 35.0 Å². The quantitative estimate of drug-likeness (QED) is 0.938. The van der Waals surface area contributed by atoms with Crippen LogP contribution in [0.1, 0.15) is 28.8 Å². The van der Waals surface area contributed by atoms with Crippen molar-refractivity contribution in [2.75, 3.05) is 20.1 Å². The Hall–Kier alpha value is -2.63. The van der Waals surface area contributed by atoms with Gasteiger partial charge in [0.25, 0.3) is 5.91 Å². The predicted octanol–water partition coefficient (Wildman–Crippen LogP) is 2.25. The number of carbonyl (C=O) groups is 2. The van der Waals surface area contributed by atoms with Crippen molar-refractivity contribution in [3.05, 3.63) is 41.6 Å². The van der Waals surface area contributed by atoms with Crippen LogP contribution in [0.4, 0.5) is 0 Å². The van der Waals surface area contributed by atoms with E-state index in [1.807, 2.05) is 31.2 Å². The van der Waals surface area contributed by atoms with Gasteiger partial charge in [-0.3, -0.25) is 9.59 Å². The average Bonchev–Trinajstić information content (AvgIpc) is 3.11. The fourth-order valence-electron chi connectivity index (χ4n) is 3.02. The molecule has 0 aliphatic carbocycles. The second kappa shape index (κ2) is 6.86. The fraction of sp³-hybridized carbons (Fsp3) is 0.389. The number of nitrogens with one attached hydrogen (secondary N) is 1. The lowest BCUT2D eigenvalue weighted by Gasteiger charge is -2.30. The molecule has 0 atom stereocenters. The maximum absolute atomic E-state index is 12.8. The maximum Gasteiger partial charge on any atom is 0.259 e. The standard InChI is InChI=1S/C18H21N3O3/c1-12-3-5-13(6-4-12)16-15(11-20-24-16)18(23)21-9-7-14(8-10-21)17(22)19-2/h3-6,11,14H,7-10H2,1-2H3,(H,19,22). The molecule has 6 heteroatoms. The van der Waals surface area contributed by atoms with Crippen molar-refractivity contribution in [3.8, 4) is 11.3 Å². The lowest BCUT2D eigenvalue weighted by atomic mass is 9.95. The molecule has 126 valence electrons. The van der Waals surface area contributed by atoms with E-state index in [-0.39, 0.29) is 17.7 Å². The van der Waals surface area contributed by atoms with E-state index in [9.17, 15) is 9.59 Å². The summed E-state index contributed by atoms with van der Waals surface area (Å²) < 4.78 is 5.32. The number of amides is 2. The molecule has 1 aliphatic heterocycles. The van der Waals surface area contributed by atoms with Gasteiger partial charge in [-0.2, -0.15) is 0 Å². The zero-order valence-electron chi connectivity index (χ0n) is 13.9. The van der Waals surface area contributed by atoms with E-state index >= 15 is 0 Å². The number of aryl methyl sites for hydroxylation is 1. The van der Waals surface area contributed by atoms with Crippen molar-refractivity contribution in [1.29, 1.82) is 0 Å². The van der Waals surface area contributed by atoms with Gasteiger partial charge in [-0.15, -0.1) is 0 Å². The van der Waals surface area contributed by atoms with E-state index in [1.54, 1.807) is 11.9 Å². The summed E-state index contributed by atoms with van der Waals surface area (Å²) in [5, 5.41) is 6.48. The largest absolute Gasteiger partial charge is 0.359 e. The lowest BCUT2D eigenvalue weighted by Crippen LogP contribution is -2.42. The highest BCUT2D eigenvalue weighted by atomic mass is 16.5. The van der Waals surface area contributed by atoms with Crippen LogP contribution in [0.3, 0.4) is 0 Å². The minimum atomic E-state index is -0.0952. The van der Waals surface area contributed by atoms with E-state index in [4.69, 9.17) is 4.52 Å². The number of likely N-dealkylation sites (tertiary alicyclic amines) is 1. The van der Waals surface area contributed by atoms with Crippen molar-refractivity contribution in [1.82, 2.24) is 15.4 Å². The van der Waals surface area contributed by atoms with Crippen LogP contribution in [0.2, 0.25) is 0 Å². The number of aromatic nitrogens is 1. The number of hydrogen-bond acceptors (Lipinski definition) is 4. The summed E-state index contributed by atoms with van der Waals surface area (Å²) >= 11 is 0. The molecular weight excluding hydrogens is 306 g/mol. The van der Waals surface area contributed by atoms with Gasteiger partial charge < -0.3 is 14.7 Å². The lowest BCUT2D eigenvalue weighted by molar-refractivity contribution is -0.125. The summed E-state index contributed by atoms with van der Waals surface area (Å²) in [6, 6.07) is 7.79. The third-order valence-corrected chi connectivity index (χ3v) is 4.51. The minimum absolute atomic E-state index is 0.0157. The Kier molecular flexibility index (Phi) is 4.64. The Balaban J connectivity index is 1.74. The van der Waals surface area contributed by atoms with Gasteiger partial charge in [0, 0.05) is 31.6 Å². The van der Waals surface area contributed by atoms with Crippen LogP contribution >= 0.6 is 0 Å². The number of benzene rings is 1. The summed E-state index contributed by atoms with van der Waals surface area (Å²) in [6.07, 6.45) is 2.83. The van der Waals surface area contributed by atoms with E-state index in [2.05, 4.69) is 10.5 Å². The van der Waals surface area contributed by atoms with Gasteiger partial charge in [0.05, 0.1) is 6.20 Å². The van der Waals surface area contributed by atoms with Gasteiger partial charge in [0.1, 0.15) is 5.56 Å². The molecular formula is C18H21N3O3. The van der Waals surface area contributed by atoms with E-state index in [1.165, 1.54) is 6.20 Å². The molecule has 3 rings (SSSR count). The Morgan fingerprint density at radius 3 is 2.50 bits per heavy atom. The molecule has 0 radical (unpaired) electrons. The first-order chi connectivity index (χ1) is 11.6. The van der Waals surface area contributed by atoms with Crippen molar-refractivity contribution < 1.29 is 14.1 Å². The monoisotopic (exact) mass is 327 g/mol. The number of hydrogen-bond donors (Lipinski definition) is 1. The molecule has 2 amide bonds. The molecule has 0 bridgehead atoms. The molecule has 1 aromatic carbocycles. The molecule has 1 saturated heterocycles. The van der Waals surface area contributed by atoms with Crippen LogP contribution < -0.4 is 5.32 Å². The highest BCUT2D eigenvalue weighted by Crippen LogP contribution is 2.27. The third-order valence-electron chi connectivity index (χ3n) is 4.51. The van der Waals surface area contributed by atoms with Crippen molar-refractivity contribution in [3.63, 3.8) is 0 Å². The van der Waals surface area contributed by atoms with E-state index in [0.29, 0.717) is 37.3 Å². The summed E-state index contributed by atoms with van der Waals surface area (Å²) in [5.74, 6) is 0.432. The Morgan fingerprint density at radius 1 is 1.21 bits per heavy atom. The fourth-order valence-corrected chi connectivity index (χ4v) is 3.02. The molecule has 2 heterocycles. The van der Waals surface area contributed by atoms with Crippen LogP contribution in [0.15, 0.2) is 35.0 Å². The molecule has 0 spiro atoms. The van der Waals surface area contributed by atoms with Crippen LogP contribution in [-0.2, 0) is 4.79 Å². The van der Waals surface area contributed by atoms with Crippen LogP contribution in [0.25, 0.3) is 11.3 Å². The number of rotatable bonds is 3. The normalized spacial score (nSPS) is 15.3. The van der Waals surface area contributed by atoms with Gasteiger partial charge >= 0.3 is 0 Å². The summed E-state index contributed by atoms with van der Waals surface area (Å²) in [7, 11) is 1.64. The molecule has 1 aromatic heterocycles. The average molecular weight is 327 g/mol. The van der Waals surface area contributed by atoms with Gasteiger partial charge in [0.15, 0.2) is 5.76 Å². The molecule has 0 unspecified atom stereocenters. The van der Waals surface area contributed by atoms with Gasteiger partial charge in [-0.05, 0) is 19.8 Å². The first kappa shape index (κ1) is 16.2. The van der Waals surface area contributed by atoms with E-state index in [0.717, 1.165) is 11.1 Å².